The van der Waals surface area contributed by atoms with Crippen LogP contribution in [0, 0.1) is 5.92 Å². The molecule has 2 saturated heterocycles. The lowest BCUT2D eigenvalue weighted by Crippen LogP contribution is -2.64. The summed E-state index contributed by atoms with van der Waals surface area (Å²) in [5.74, 6) is 0.484. The minimum Gasteiger partial charge on any atom is -0.497 e. The topological polar surface area (TPSA) is 62.3 Å². The average molecular weight is 436 g/mol. The van der Waals surface area contributed by atoms with Crippen molar-refractivity contribution in [3.8, 4) is 11.5 Å². The normalized spacial score (nSPS) is 27.0. The molecule has 0 saturated carbocycles. The van der Waals surface area contributed by atoms with Crippen LogP contribution >= 0.6 is 0 Å². The SMILES string of the molecule is COc1cccc(N2CCN(C(=O)[C@@H]3C(=O)N(C)[C@]4(C)C[C@H]3c3ccccc3O4)CC2)c1. The second-order valence-corrected chi connectivity index (χ2v) is 9.01. The van der Waals surface area contributed by atoms with E-state index < -0.39 is 11.6 Å². The highest BCUT2D eigenvalue weighted by Gasteiger charge is 2.55. The number of amides is 2. The highest BCUT2D eigenvalue weighted by molar-refractivity contribution is 6.02. The van der Waals surface area contributed by atoms with Crippen LogP contribution < -0.4 is 14.4 Å². The molecule has 0 spiro atoms. The van der Waals surface area contributed by atoms with Crippen LogP contribution in [0.3, 0.4) is 0 Å². The summed E-state index contributed by atoms with van der Waals surface area (Å²) in [7, 11) is 3.40. The molecule has 2 aromatic rings. The van der Waals surface area contributed by atoms with Crippen LogP contribution in [-0.4, -0.2) is 67.7 Å². The molecule has 0 radical (unpaired) electrons. The van der Waals surface area contributed by atoms with Crippen molar-refractivity contribution < 1.29 is 19.1 Å². The van der Waals surface area contributed by atoms with Crippen LogP contribution in [0.1, 0.15) is 24.8 Å². The summed E-state index contributed by atoms with van der Waals surface area (Å²) in [4.78, 5) is 32.8. The molecule has 0 aliphatic carbocycles. The number of hydrogen-bond donors (Lipinski definition) is 0. The van der Waals surface area contributed by atoms with E-state index in [-0.39, 0.29) is 17.7 Å². The van der Waals surface area contributed by atoms with Gasteiger partial charge in [0.2, 0.25) is 11.8 Å². The maximum Gasteiger partial charge on any atom is 0.238 e. The maximum atomic E-state index is 13.7. The predicted molar refractivity (Wildman–Crippen MR) is 121 cm³/mol. The van der Waals surface area contributed by atoms with E-state index >= 15 is 0 Å². The van der Waals surface area contributed by atoms with Crippen LogP contribution in [0.5, 0.6) is 11.5 Å². The lowest BCUT2D eigenvalue weighted by molar-refractivity contribution is -0.174. The van der Waals surface area contributed by atoms with Gasteiger partial charge in [-0.25, -0.2) is 0 Å². The highest BCUT2D eigenvalue weighted by atomic mass is 16.5. The van der Waals surface area contributed by atoms with Gasteiger partial charge in [-0.1, -0.05) is 24.3 Å². The number of rotatable bonds is 3. The molecule has 3 aliphatic rings. The van der Waals surface area contributed by atoms with E-state index in [0.717, 1.165) is 35.8 Å². The van der Waals surface area contributed by atoms with Crippen molar-refractivity contribution in [2.24, 2.45) is 5.92 Å². The predicted octanol–water partition coefficient (Wildman–Crippen LogP) is 2.71. The van der Waals surface area contributed by atoms with E-state index in [9.17, 15) is 9.59 Å². The third-order valence-corrected chi connectivity index (χ3v) is 7.23. The number of likely N-dealkylation sites (tertiary alicyclic amines) is 1. The number of ether oxygens (including phenoxy) is 2. The lowest BCUT2D eigenvalue weighted by Gasteiger charge is -2.52. The van der Waals surface area contributed by atoms with Gasteiger partial charge in [0.15, 0.2) is 5.72 Å². The Balaban J connectivity index is 1.36. The Hall–Kier alpha value is -3.22. The zero-order valence-electron chi connectivity index (χ0n) is 18.8. The van der Waals surface area contributed by atoms with E-state index in [1.807, 2.05) is 54.3 Å². The third-order valence-electron chi connectivity index (χ3n) is 7.23. The number of fused-ring (bicyclic) bond motifs is 4. The van der Waals surface area contributed by atoms with E-state index in [1.165, 1.54) is 0 Å². The Bertz CT molecular complexity index is 1050. The fourth-order valence-corrected chi connectivity index (χ4v) is 5.26. The number of nitrogens with zero attached hydrogens (tertiary/aromatic N) is 3. The molecular formula is C25H29N3O4. The zero-order chi connectivity index (χ0) is 22.5. The molecule has 0 N–H and O–H groups in total. The van der Waals surface area contributed by atoms with E-state index in [0.29, 0.717) is 19.5 Å². The van der Waals surface area contributed by atoms with E-state index in [2.05, 4.69) is 11.0 Å². The molecular weight excluding hydrogens is 406 g/mol. The quantitative estimate of drug-likeness (QED) is 0.694. The molecule has 3 aliphatic heterocycles. The smallest absolute Gasteiger partial charge is 0.238 e. The summed E-state index contributed by atoms with van der Waals surface area (Å²) in [6.07, 6.45) is 0.617. The van der Waals surface area contributed by atoms with Gasteiger partial charge in [0.05, 0.1) is 7.11 Å². The lowest BCUT2D eigenvalue weighted by atomic mass is 9.73. The fraction of sp³-hybridized carbons (Fsp3) is 0.440. The third kappa shape index (κ3) is 3.27. The molecule has 2 fully saturated rings. The van der Waals surface area contributed by atoms with Gasteiger partial charge in [-0.3, -0.25) is 9.59 Å². The minimum atomic E-state index is -0.724. The van der Waals surface area contributed by atoms with Gasteiger partial charge in [-0.05, 0) is 30.7 Å². The van der Waals surface area contributed by atoms with Gasteiger partial charge in [0.25, 0.3) is 0 Å². The Morgan fingerprint density at radius 1 is 1.09 bits per heavy atom. The summed E-state index contributed by atoms with van der Waals surface area (Å²) in [5, 5.41) is 0. The summed E-state index contributed by atoms with van der Waals surface area (Å²) < 4.78 is 11.5. The largest absolute Gasteiger partial charge is 0.497 e. The Morgan fingerprint density at radius 2 is 1.84 bits per heavy atom. The first-order valence-electron chi connectivity index (χ1n) is 11.1. The van der Waals surface area contributed by atoms with Crippen molar-refractivity contribution in [2.75, 3.05) is 45.2 Å². The number of piperidine rings is 1. The number of anilines is 1. The van der Waals surface area contributed by atoms with Gasteiger partial charge < -0.3 is 24.2 Å². The van der Waals surface area contributed by atoms with E-state index in [1.54, 1.807) is 19.1 Å². The molecule has 5 rings (SSSR count). The van der Waals surface area contributed by atoms with Crippen LogP contribution in [-0.2, 0) is 9.59 Å². The highest BCUT2D eigenvalue weighted by Crippen LogP contribution is 2.50. The molecule has 2 aromatic carbocycles. The number of piperazine rings is 1. The van der Waals surface area contributed by atoms with Gasteiger partial charge in [0.1, 0.15) is 17.4 Å². The molecule has 2 bridgehead atoms. The first kappa shape index (κ1) is 20.7. The van der Waals surface area contributed by atoms with Crippen molar-refractivity contribution in [2.45, 2.75) is 25.0 Å². The number of para-hydroxylation sites is 1. The van der Waals surface area contributed by atoms with Crippen molar-refractivity contribution in [1.82, 2.24) is 9.80 Å². The Kier molecular flexibility index (Phi) is 4.99. The molecule has 2 amide bonds. The van der Waals surface area contributed by atoms with E-state index in [4.69, 9.17) is 9.47 Å². The number of methoxy groups -OCH3 is 1. The van der Waals surface area contributed by atoms with Crippen molar-refractivity contribution >= 4 is 17.5 Å². The van der Waals surface area contributed by atoms with Crippen molar-refractivity contribution in [1.29, 1.82) is 0 Å². The second kappa shape index (κ2) is 7.73. The van der Waals surface area contributed by atoms with Gasteiger partial charge in [-0.15, -0.1) is 0 Å². The van der Waals surface area contributed by atoms with Crippen LogP contribution in [0.4, 0.5) is 5.69 Å². The maximum absolute atomic E-state index is 13.7. The van der Waals surface area contributed by atoms with Crippen LogP contribution in [0.15, 0.2) is 48.5 Å². The van der Waals surface area contributed by atoms with Gasteiger partial charge in [-0.2, -0.15) is 0 Å². The Labute approximate surface area is 188 Å². The molecule has 32 heavy (non-hydrogen) atoms. The molecule has 7 heteroatoms. The monoisotopic (exact) mass is 435 g/mol. The summed E-state index contributed by atoms with van der Waals surface area (Å²) in [6, 6.07) is 15.8. The van der Waals surface area contributed by atoms with Crippen LogP contribution in [0.2, 0.25) is 0 Å². The number of carbonyl (C=O) groups excluding carboxylic acids is 2. The van der Waals surface area contributed by atoms with Crippen LogP contribution in [0.25, 0.3) is 0 Å². The van der Waals surface area contributed by atoms with Gasteiger partial charge in [0, 0.05) is 57.3 Å². The average Bonchev–Trinajstić information content (AvgIpc) is 2.83. The number of benzene rings is 2. The molecule has 168 valence electrons. The Morgan fingerprint density at radius 3 is 2.59 bits per heavy atom. The van der Waals surface area contributed by atoms with Crippen molar-refractivity contribution in [3.63, 3.8) is 0 Å². The minimum absolute atomic E-state index is 0.0732. The molecule has 0 unspecified atom stereocenters. The standard InChI is InChI=1S/C25H29N3O4/c1-25-16-20(19-9-4-5-10-21(19)32-25)22(23(29)26(25)2)24(30)28-13-11-27(12-14-28)17-7-6-8-18(15-17)31-3/h4-10,15,20,22H,11-14,16H2,1-3H3/t20-,22-,25-/m0/s1. The number of hydrogen-bond acceptors (Lipinski definition) is 5. The summed E-state index contributed by atoms with van der Waals surface area (Å²) in [6.45, 7) is 4.55. The fourth-order valence-electron chi connectivity index (χ4n) is 5.26. The first-order valence-corrected chi connectivity index (χ1v) is 11.1. The summed E-state index contributed by atoms with van der Waals surface area (Å²) >= 11 is 0. The molecule has 7 nitrogen and oxygen atoms in total. The van der Waals surface area contributed by atoms with Crippen molar-refractivity contribution in [3.05, 3.63) is 54.1 Å². The molecule has 0 aromatic heterocycles. The first-order chi connectivity index (χ1) is 15.4. The molecule has 3 heterocycles. The summed E-state index contributed by atoms with van der Waals surface area (Å²) in [5.41, 5.74) is 1.32. The zero-order valence-corrected chi connectivity index (χ0v) is 18.8. The number of carbonyl (C=O) groups is 2. The van der Waals surface area contributed by atoms with Gasteiger partial charge >= 0.3 is 0 Å². The second-order valence-electron chi connectivity index (χ2n) is 9.01. The molecule has 3 atom stereocenters.